The molecule has 2 aromatic carbocycles. The third-order valence-corrected chi connectivity index (χ3v) is 6.18. The van der Waals surface area contributed by atoms with Crippen molar-refractivity contribution in [2.45, 2.75) is 49.9 Å². The molecule has 2 aliphatic rings. The Kier molecular flexibility index (Phi) is 5.30. The van der Waals surface area contributed by atoms with Crippen molar-refractivity contribution in [3.05, 3.63) is 59.7 Å². The zero-order valence-electron chi connectivity index (χ0n) is 16.3. The molecule has 0 unspecified atom stereocenters. The summed E-state index contributed by atoms with van der Waals surface area (Å²) in [4.78, 5) is 2.54. The van der Waals surface area contributed by atoms with Gasteiger partial charge in [0.15, 0.2) is 0 Å². The first-order valence-electron chi connectivity index (χ1n) is 9.90. The minimum absolute atomic E-state index is 0.279. The number of fused-ring (bicyclic) bond motifs is 2. The van der Waals surface area contributed by atoms with Crippen molar-refractivity contribution in [2.24, 2.45) is 0 Å². The number of piperidine rings is 1. The standard InChI is InChI=1S/C24H27NO3/c1-3-14-28-23-7-5-4-6-18(23)17-25-20-10-11-21(25)16-24(26,15-20)19-8-12-22(27-2)13-9-19/h1,4-9,12-13,20-21,26H,10-11,14-17H2,2H3/t20-,21-/m1/s1. The lowest BCUT2D eigenvalue weighted by atomic mass is 9.80. The van der Waals surface area contributed by atoms with Gasteiger partial charge in [0.05, 0.1) is 12.7 Å². The molecule has 28 heavy (non-hydrogen) atoms. The first kappa shape index (κ1) is 18.9. The van der Waals surface area contributed by atoms with E-state index in [1.807, 2.05) is 42.5 Å². The van der Waals surface area contributed by atoms with E-state index in [0.29, 0.717) is 12.1 Å². The number of nitrogens with zero attached hydrogens (tertiary/aromatic N) is 1. The van der Waals surface area contributed by atoms with Crippen LogP contribution in [-0.4, -0.2) is 35.8 Å². The lowest BCUT2D eigenvalue weighted by Gasteiger charge is -2.44. The number of ether oxygens (including phenoxy) is 2. The summed E-state index contributed by atoms with van der Waals surface area (Å²) in [6, 6.07) is 16.7. The molecular weight excluding hydrogens is 350 g/mol. The molecule has 2 bridgehead atoms. The molecule has 0 spiro atoms. The number of rotatable bonds is 6. The van der Waals surface area contributed by atoms with E-state index in [-0.39, 0.29) is 6.61 Å². The molecular formula is C24H27NO3. The first-order valence-corrected chi connectivity index (χ1v) is 9.90. The van der Waals surface area contributed by atoms with Crippen molar-refractivity contribution in [1.29, 1.82) is 0 Å². The lowest BCUT2D eigenvalue weighted by molar-refractivity contribution is -0.0596. The fourth-order valence-electron chi connectivity index (χ4n) is 4.80. The Morgan fingerprint density at radius 2 is 1.79 bits per heavy atom. The fraction of sp³-hybridized carbons (Fsp3) is 0.417. The minimum Gasteiger partial charge on any atom is -0.497 e. The Morgan fingerprint density at radius 3 is 2.43 bits per heavy atom. The van der Waals surface area contributed by atoms with Crippen LogP contribution < -0.4 is 9.47 Å². The number of aliphatic hydroxyl groups is 1. The Balaban J connectivity index is 1.51. The van der Waals surface area contributed by atoms with E-state index in [9.17, 15) is 5.11 Å². The number of benzene rings is 2. The molecule has 146 valence electrons. The molecule has 2 fully saturated rings. The maximum absolute atomic E-state index is 11.4. The second-order valence-electron chi connectivity index (χ2n) is 7.83. The van der Waals surface area contributed by atoms with Crippen molar-refractivity contribution in [2.75, 3.05) is 13.7 Å². The summed E-state index contributed by atoms with van der Waals surface area (Å²) in [5, 5.41) is 11.4. The van der Waals surface area contributed by atoms with Gasteiger partial charge in [-0.15, -0.1) is 6.42 Å². The van der Waals surface area contributed by atoms with Gasteiger partial charge in [-0.2, -0.15) is 0 Å². The van der Waals surface area contributed by atoms with Crippen molar-refractivity contribution in [1.82, 2.24) is 4.90 Å². The van der Waals surface area contributed by atoms with Crippen LogP contribution in [0.2, 0.25) is 0 Å². The Hall–Kier alpha value is -2.48. The van der Waals surface area contributed by atoms with Crippen LogP contribution in [0.25, 0.3) is 0 Å². The van der Waals surface area contributed by atoms with Gasteiger partial charge >= 0.3 is 0 Å². The highest BCUT2D eigenvalue weighted by Gasteiger charge is 2.48. The van der Waals surface area contributed by atoms with E-state index in [1.54, 1.807) is 7.11 Å². The third kappa shape index (κ3) is 3.61. The zero-order chi connectivity index (χ0) is 19.6. The molecule has 0 saturated carbocycles. The number of para-hydroxylation sites is 1. The number of terminal acetylenes is 1. The highest BCUT2D eigenvalue weighted by molar-refractivity contribution is 5.35. The van der Waals surface area contributed by atoms with E-state index in [1.165, 1.54) is 0 Å². The van der Waals surface area contributed by atoms with Crippen LogP contribution >= 0.6 is 0 Å². The quantitative estimate of drug-likeness (QED) is 0.779. The summed E-state index contributed by atoms with van der Waals surface area (Å²) in [7, 11) is 1.66. The van der Waals surface area contributed by atoms with E-state index in [0.717, 1.165) is 54.9 Å². The molecule has 0 aliphatic carbocycles. The third-order valence-electron chi connectivity index (χ3n) is 6.18. The van der Waals surface area contributed by atoms with Crippen LogP contribution in [0.1, 0.15) is 36.8 Å². The van der Waals surface area contributed by atoms with E-state index >= 15 is 0 Å². The summed E-state index contributed by atoms with van der Waals surface area (Å²) in [5.41, 5.74) is 1.38. The molecule has 2 aromatic rings. The van der Waals surface area contributed by atoms with E-state index in [2.05, 4.69) is 16.9 Å². The minimum atomic E-state index is -0.770. The molecule has 1 N–H and O–H groups in total. The molecule has 2 heterocycles. The van der Waals surface area contributed by atoms with Crippen LogP contribution in [0.4, 0.5) is 0 Å². The van der Waals surface area contributed by atoms with Crippen LogP contribution in [0.5, 0.6) is 11.5 Å². The van der Waals surface area contributed by atoms with Crippen LogP contribution in [0.3, 0.4) is 0 Å². The highest BCUT2D eigenvalue weighted by Crippen LogP contribution is 2.46. The number of methoxy groups -OCH3 is 1. The molecule has 2 atom stereocenters. The SMILES string of the molecule is C#CCOc1ccccc1CN1[C@@H]2CC[C@@H]1CC(O)(c1ccc(OC)cc1)C2. The van der Waals surface area contributed by atoms with Crippen LogP contribution in [0, 0.1) is 12.3 Å². The van der Waals surface area contributed by atoms with Gasteiger partial charge < -0.3 is 14.6 Å². The van der Waals surface area contributed by atoms with Gasteiger partial charge in [-0.3, -0.25) is 4.90 Å². The summed E-state index contributed by atoms with van der Waals surface area (Å²) < 4.78 is 11.0. The van der Waals surface area contributed by atoms with Gasteiger partial charge in [-0.25, -0.2) is 0 Å². The highest BCUT2D eigenvalue weighted by atomic mass is 16.5. The van der Waals surface area contributed by atoms with Gasteiger partial charge in [-0.1, -0.05) is 36.3 Å². The predicted molar refractivity (Wildman–Crippen MR) is 109 cm³/mol. The van der Waals surface area contributed by atoms with Gasteiger partial charge in [0, 0.05) is 24.2 Å². The summed E-state index contributed by atoms with van der Waals surface area (Å²) >= 11 is 0. The first-order chi connectivity index (χ1) is 13.6. The summed E-state index contributed by atoms with van der Waals surface area (Å²) in [5.74, 6) is 4.21. The van der Waals surface area contributed by atoms with Gasteiger partial charge in [-0.05, 0) is 49.4 Å². The molecule has 4 heteroatoms. The maximum Gasteiger partial charge on any atom is 0.148 e. The number of hydrogen-bond acceptors (Lipinski definition) is 4. The average Bonchev–Trinajstić information content (AvgIpc) is 2.97. The monoisotopic (exact) mass is 377 g/mol. The van der Waals surface area contributed by atoms with Crippen molar-refractivity contribution in [3.63, 3.8) is 0 Å². The zero-order valence-corrected chi connectivity index (χ0v) is 16.3. The molecule has 0 aromatic heterocycles. The van der Waals surface area contributed by atoms with Crippen molar-refractivity contribution >= 4 is 0 Å². The Morgan fingerprint density at radius 1 is 1.11 bits per heavy atom. The summed E-state index contributed by atoms with van der Waals surface area (Å²) in [6.07, 6.45) is 9.10. The van der Waals surface area contributed by atoms with Gasteiger partial charge in [0.25, 0.3) is 0 Å². The Labute approximate surface area is 167 Å². The average molecular weight is 377 g/mol. The second kappa shape index (κ2) is 7.87. The summed E-state index contributed by atoms with van der Waals surface area (Å²) in [6.45, 7) is 1.11. The number of hydrogen-bond donors (Lipinski definition) is 1. The molecule has 4 rings (SSSR count). The molecule has 0 amide bonds. The van der Waals surface area contributed by atoms with Gasteiger partial charge in [0.2, 0.25) is 0 Å². The molecule has 0 radical (unpaired) electrons. The molecule has 2 saturated heterocycles. The second-order valence-corrected chi connectivity index (χ2v) is 7.83. The van der Waals surface area contributed by atoms with E-state index in [4.69, 9.17) is 15.9 Å². The van der Waals surface area contributed by atoms with Crippen LogP contribution in [-0.2, 0) is 12.1 Å². The fourth-order valence-corrected chi connectivity index (χ4v) is 4.80. The molecule has 2 aliphatic heterocycles. The molecule has 4 nitrogen and oxygen atoms in total. The smallest absolute Gasteiger partial charge is 0.148 e. The maximum atomic E-state index is 11.4. The van der Waals surface area contributed by atoms with Gasteiger partial charge in [0.1, 0.15) is 18.1 Å². The topological polar surface area (TPSA) is 41.9 Å². The van der Waals surface area contributed by atoms with Crippen LogP contribution in [0.15, 0.2) is 48.5 Å². The lowest BCUT2D eigenvalue weighted by Crippen LogP contribution is -2.49. The van der Waals surface area contributed by atoms with Crippen molar-refractivity contribution < 1.29 is 14.6 Å². The van der Waals surface area contributed by atoms with E-state index < -0.39 is 5.60 Å². The van der Waals surface area contributed by atoms with Crippen molar-refractivity contribution in [3.8, 4) is 23.8 Å². The Bertz CT molecular complexity index is 841. The predicted octanol–water partition coefficient (Wildman–Crippen LogP) is 3.72. The normalized spacial score (nSPS) is 26.6. The largest absolute Gasteiger partial charge is 0.497 e.